The standard InChI is InChI=1S/C30H32F3N3O3/c1-17-10-18(12-20(34)11-17)23-4-7-35-16-19(23)13-28(37)27-3-2-24(31)30(36-27)29-25(32)14-22(15-26(29)33)39-21-5-8-38-9-6-21/h2-4,7,14-18,20-21H,5-6,8-13,34H2,1H3/t17-,18+,20-/m0/s1. The Bertz CT molecular complexity index is 1310. The van der Waals surface area contributed by atoms with Crippen LogP contribution >= 0.6 is 0 Å². The van der Waals surface area contributed by atoms with Crippen LogP contribution in [0, 0.1) is 23.4 Å². The second-order valence-electron chi connectivity index (χ2n) is 10.7. The van der Waals surface area contributed by atoms with Crippen LogP contribution in [0.3, 0.4) is 0 Å². The van der Waals surface area contributed by atoms with E-state index in [4.69, 9.17) is 15.2 Å². The molecule has 2 aliphatic rings. The Morgan fingerprint density at radius 1 is 1.05 bits per heavy atom. The zero-order valence-corrected chi connectivity index (χ0v) is 21.8. The Morgan fingerprint density at radius 3 is 2.51 bits per heavy atom. The van der Waals surface area contributed by atoms with Gasteiger partial charge >= 0.3 is 0 Å². The third-order valence-corrected chi connectivity index (χ3v) is 7.57. The van der Waals surface area contributed by atoms with E-state index in [1.54, 1.807) is 12.4 Å². The lowest BCUT2D eigenvalue weighted by Gasteiger charge is -2.32. The van der Waals surface area contributed by atoms with Gasteiger partial charge in [-0.05, 0) is 60.4 Å². The summed E-state index contributed by atoms with van der Waals surface area (Å²) < 4.78 is 55.9. The quantitative estimate of drug-likeness (QED) is 0.384. The number of carbonyl (C=O) groups excluding carboxylic acids is 1. The predicted octanol–water partition coefficient (Wildman–Crippen LogP) is 5.78. The number of nitrogens with zero attached hydrogens (tertiary/aromatic N) is 2. The highest BCUT2D eigenvalue weighted by Crippen LogP contribution is 2.37. The van der Waals surface area contributed by atoms with Crippen molar-refractivity contribution in [3.63, 3.8) is 0 Å². The van der Waals surface area contributed by atoms with E-state index in [1.165, 1.54) is 6.07 Å². The summed E-state index contributed by atoms with van der Waals surface area (Å²) in [7, 11) is 0. The molecule has 206 valence electrons. The Balaban J connectivity index is 1.38. The van der Waals surface area contributed by atoms with E-state index >= 15 is 8.78 Å². The number of ketones is 1. The van der Waals surface area contributed by atoms with Gasteiger partial charge in [-0.1, -0.05) is 6.92 Å². The van der Waals surface area contributed by atoms with Crippen molar-refractivity contribution < 1.29 is 27.4 Å². The van der Waals surface area contributed by atoms with Crippen LogP contribution in [0.4, 0.5) is 13.2 Å². The summed E-state index contributed by atoms with van der Waals surface area (Å²) in [6.45, 7) is 3.19. The van der Waals surface area contributed by atoms with Crippen LogP contribution in [0.5, 0.6) is 5.75 Å². The third-order valence-electron chi connectivity index (χ3n) is 7.57. The average molecular weight is 540 g/mol. The first-order valence-electron chi connectivity index (χ1n) is 13.4. The van der Waals surface area contributed by atoms with Crippen molar-refractivity contribution in [1.82, 2.24) is 9.97 Å². The zero-order valence-electron chi connectivity index (χ0n) is 21.8. The minimum Gasteiger partial charge on any atom is -0.490 e. The van der Waals surface area contributed by atoms with Crippen LogP contribution in [0.25, 0.3) is 11.3 Å². The molecule has 0 bridgehead atoms. The molecule has 1 aliphatic heterocycles. The molecule has 3 aromatic rings. The monoisotopic (exact) mass is 539 g/mol. The molecule has 0 amide bonds. The molecule has 2 N–H and O–H groups in total. The van der Waals surface area contributed by atoms with Crippen molar-refractivity contribution >= 4 is 5.78 Å². The maximum absolute atomic E-state index is 15.1. The molecule has 1 aromatic carbocycles. The van der Waals surface area contributed by atoms with Crippen molar-refractivity contribution in [2.24, 2.45) is 11.7 Å². The number of aromatic nitrogens is 2. The summed E-state index contributed by atoms with van der Waals surface area (Å²) in [4.78, 5) is 21.5. The number of benzene rings is 1. The normalized spacial score (nSPS) is 22.0. The molecule has 2 fully saturated rings. The Morgan fingerprint density at radius 2 is 1.79 bits per heavy atom. The Labute approximate surface area is 225 Å². The van der Waals surface area contributed by atoms with Gasteiger partial charge < -0.3 is 15.2 Å². The highest BCUT2D eigenvalue weighted by molar-refractivity contribution is 5.96. The van der Waals surface area contributed by atoms with Crippen LogP contribution in [-0.2, 0) is 11.2 Å². The molecule has 1 aliphatic carbocycles. The number of halogens is 3. The minimum absolute atomic E-state index is 0.00847. The topological polar surface area (TPSA) is 87.3 Å². The lowest BCUT2D eigenvalue weighted by molar-refractivity contribution is 0.0253. The number of ether oxygens (including phenoxy) is 2. The van der Waals surface area contributed by atoms with Gasteiger partial charge in [0.25, 0.3) is 0 Å². The van der Waals surface area contributed by atoms with Crippen molar-refractivity contribution in [2.75, 3.05) is 13.2 Å². The van der Waals surface area contributed by atoms with Gasteiger partial charge in [-0.2, -0.15) is 0 Å². The summed E-state index contributed by atoms with van der Waals surface area (Å²) in [6.07, 6.45) is 7.07. The van der Waals surface area contributed by atoms with Gasteiger partial charge in [0.2, 0.25) is 0 Å². The summed E-state index contributed by atoms with van der Waals surface area (Å²) in [5.74, 6) is -2.70. The van der Waals surface area contributed by atoms with Gasteiger partial charge in [-0.25, -0.2) is 18.2 Å². The van der Waals surface area contributed by atoms with E-state index in [9.17, 15) is 9.18 Å². The van der Waals surface area contributed by atoms with E-state index in [-0.39, 0.29) is 35.9 Å². The molecule has 2 aromatic heterocycles. The van der Waals surface area contributed by atoms with Crippen LogP contribution in [0.15, 0.2) is 42.7 Å². The maximum atomic E-state index is 15.1. The lowest BCUT2D eigenvalue weighted by atomic mass is 9.75. The summed E-state index contributed by atoms with van der Waals surface area (Å²) in [5.41, 5.74) is 6.72. The van der Waals surface area contributed by atoms with Gasteiger partial charge in [0.05, 0.1) is 18.8 Å². The van der Waals surface area contributed by atoms with Gasteiger partial charge in [0.15, 0.2) is 5.78 Å². The van der Waals surface area contributed by atoms with Crippen molar-refractivity contribution in [3.8, 4) is 17.0 Å². The van der Waals surface area contributed by atoms with Crippen molar-refractivity contribution in [1.29, 1.82) is 0 Å². The molecular weight excluding hydrogens is 507 g/mol. The van der Waals surface area contributed by atoms with E-state index in [1.807, 2.05) is 6.07 Å². The Kier molecular flexibility index (Phi) is 8.28. The third kappa shape index (κ3) is 6.31. The van der Waals surface area contributed by atoms with Crippen LogP contribution in [-0.4, -0.2) is 41.1 Å². The molecule has 9 heteroatoms. The van der Waals surface area contributed by atoms with Crippen LogP contribution in [0.2, 0.25) is 0 Å². The molecule has 0 unspecified atom stereocenters. The number of Topliss-reactive ketones (excluding diaryl/α,β-unsaturated/α-hetero) is 1. The number of pyridine rings is 2. The molecule has 39 heavy (non-hydrogen) atoms. The molecule has 1 saturated heterocycles. The second-order valence-corrected chi connectivity index (χ2v) is 10.7. The number of carbonyl (C=O) groups is 1. The minimum atomic E-state index is -1.02. The molecule has 1 saturated carbocycles. The molecular formula is C30H32F3N3O3. The van der Waals surface area contributed by atoms with E-state index in [2.05, 4.69) is 16.9 Å². The predicted molar refractivity (Wildman–Crippen MR) is 140 cm³/mol. The number of hydrogen-bond acceptors (Lipinski definition) is 6. The summed E-state index contributed by atoms with van der Waals surface area (Å²) in [5, 5.41) is 0. The van der Waals surface area contributed by atoms with Crippen molar-refractivity contribution in [2.45, 2.75) is 63.5 Å². The zero-order chi connectivity index (χ0) is 27.5. The van der Waals surface area contributed by atoms with Crippen LogP contribution in [0.1, 0.15) is 66.6 Å². The number of nitrogens with two attached hydrogens (primary N) is 1. The van der Waals surface area contributed by atoms with E-state index in [0.29, 0.717) is 32.0 Å². The van der Waals surface area contributed by atoms with Gasteiger partial charge in [-0.15, -0.1) is 0 Å². The first-order valence-corrected chi connectivity index (χ1v) is 13.4. The largest absolute Gasteiger partial charge is 0.490 e. The smallest absolute Gasteiger partial charge is 0.185 e. The number of hydrogen-bond donors (Lipinski definition) is 1. The molecule has 3 heterocycles. The Hall–Kier alpha value is -3.30. The van der Waals surface area contributed by atoms with Crippen LogP contribution < -0.4 is 10.5 Å². The second kappa shape index (κ2) is 11.8. The average Bonchev–Trinajstić information content (AvgIpc) is 2.89. The first kappa shape index (κ1) is 27.3. The van der Waals surface area contributed by atoms with Crippen molar-refractivity contribution in [3.05, 3.63) is 77.0 Å². The highest BCUT2D eigenvalue weighted by atomic mass is 19.1. The van der Waals surface area contributed by atoms with Gasteiger partial charge in [-0.3, -0.25) is 9.78 Å². The highest BCUT2D eigenvalue weighted by Gasteiger charge is 2.28. The fourth-order valence-corrected chi connectivity index (χ4v) is 5.76. The fraction of sp³-hybridized carbons (Fsp3) is 0.433. The van der Waals surface area contributed by atoms with Gasteiger partial charge in [0, 0.05) is 49.8 Å². The van der Waals surface area contributed by atoms with Gasteiger partial charge in [0.1, 0.15) is 40.7 Å². The lowest BCUT2D eigenvalue weighted by Crippen LogP contribution is -2.31. The fourth-order valence-electron chi connectivity index (χ4n) is 5.76. The maximum Gasteiger partial charge on any atom is 0.185 e. The SMILES string of the molecule is C[C@@H]1C[C@H](N)C[C@H](c2ccncc2CC(=O)c2ccc(F)c(-c3c(F)cc(OC4CCOCC4)cc3F)n2)C1. The summed E-state index contributed by atoms with van der Waals surface area (Å²) in [6, 6.07) is 6.27. The molecule has 3 atom stereocenters. The molecule has 6 nitrogen and oxygen atoms in total. The van der Waals surface area contributed by atoms with E-state index in [0.717, 1.165) is 48.6 Å². The van der Waals surface area contributed by atoms with E-state index < -0.39 is 34.5 Å². The molecule has 0 spiro atoms. The number of rotatable bonds is 7. The summed E-state index contributed by atoms with van der Waals surface area (Å²) >= 11 is 0. The molecule has 5 rings (SSSR count). The molecule has 0 radical (unpaired) electrons. The first-order chi connectivity index (χ1) is 18.8.